The number of ether oxygens (including phenoxy) is 1. The van der Waals surface area contributed by atoms with Crippen LogP contribution in [-0.4, -0.2) is 23.7 Å². The molecule has 0 saturated heterocycles. The van der Waals surface area contributed by atoms with E-state index in [1.165, 1.54) is 0 Å². The van der Waals surface area contributed by atoms with Crippen LogP contribution in [0.2, 0.25) is 5.02 Å². The molecule has 0 spiro atoms. The van der Waals surface area contributed by atoms with Gasteiger partial charge in [0.05, 0.1) is 21.8 Å². The Labute approximate surface area is 125 Å². The number of halogens is 1. The second-order valence-electron chi connectivity index (χ2n) is 5.71. The van der Waals surface area contributed by atoms with Crippen molar-refractivity contribution in [3.8, 4) is 0 Å². The summed E-state index contributed by atoms with van der Waals surface area (Å²) in [7, 11) is 1.74. The summed E-state index contributed by atoms with van der Waals surface area (Å²) >= 11 is 6.21. The SMILES string of the molecule is COC(C)(C)CC(C)Nc1ccc(Cl)c2cccnc12. The van der Waals surface area contributed by atoms with Crippen molar-refractivity contribution in [2.24, 2.45) is 0 Å². The van der Waals surface area contributed by atoms with E-state index < -0.39 is 0 Å². The molecule has 20 heavy (non-hydrogen) atoms. The van der Waals surface area contributed by atoms with E-state index in [9.17, 15) is 0 Å². The third-order valence-corrected chi connectivity index (χ3v) is 3.80. The van der Waals surface area contributed by atoms with Gasteiger partial charge in [0, 0.05) is 24.7 Å². The fourth-order valence-corrected chi connectivity index (χ4v) is 2.61. The van der Waals surface area contributed by atoms with Gasteiger partial charge in [-0.2, -0.15) is 0 Å². The van der Waals surface area contributed by atoms with Gasteiger partial charge in [0.15, 0.2) is 0 Å². The molecule has 0 saturated carbocycles. The Kier molecular flexibility index (Phi) is 4.51. The lowest BCUT2D eigenvalue weighted by Gasteiger charge is -2.27. The van der Waals surface area contributed by atoms with Crippen LogP contribution in [0.15, 0.2) is 30.5 Å². The van der Waals surface area contributed by atoms with Crippen molar-refractivity contribution < 1.29 is 4.74 Å². The van der Waals surface area contributed by atoms with Crippen LogP contribution in [0.1, 0.15) is 27.2 Å². The Bertz CT molecular complexity index is 598. The molecule has 1 aromatic heterocycles. The summed E-state index contributed by atoms with van der Waals surface area (Å²) in [5.74, 6) is 0. The molecule has 3 nitrogen and oxygen atoms in total. The summed E-state index contributed by atoms with van der Waals surface area (Å²) in [5.41, 5.74) is 1.76. The highest BCUT2D eigenvalue weighted by atomic mass is 35.5. The highest BCUT2D eigenvalue weighted by molar-refractivity contribution is 6.35. The maximum Gasteiger partial charge on any atom is 0.0948 e. The highest BCUT2D eigenvalue weighted by Gasteiger charge is 2.20. The van der Waals surface area contributed by atoms with E-state index in [0.717, 1.165) is 28.0 Å². The first-order chi connectivity index (χ1) is 9.43. The number of hydrogen-bond donors (Lipinski definition) is 1. The third-order valence-electron chi connectivity index (χ3n) is 3.47. The van der Waals surface area contributed by atoms with Gasteiger partial charge in [-0.05, 0) is 51.5 Å². The second kappa shape index (κ2) is 5.98. The van der Waals surface area contributed by atoms with Gasteiger partial charge in [-0.15, -0.1) is 0 Å². The normalized spacial score (nSPS) is 13.4. The van der Waals surface area contributed by atoms with Crippen LogP contribution in [0.4, 0.5) is 5.69 Å². The molecule has 0 aliphatic carbocycles. The van der Waals surface area contributed by atoms with Gasteiger partial charge < -0.3 is 10.1 Å². The van der Waals surface area contributed by atoms with Crippen LogP contribution in [0.25, 0.3) is 10.9 Å². The van der Waals surface area contributed by atoms with E-state index in [1.807, 2.05) is 24.3 Å². The summed E-state index contributed by atoms with van der Waals surface area (Å²) in [6.45, 7) is 6.32. The zero-order valence-corrected chi connectivity index (χ0v) is 13.2. The minimum Gasteiger partial charge on any atom is -0.381 e. The lowest BCUT2D eigenvalue weighted by atomic mass is 9.99. The Morgan fingerprint density at radius 3 is 2.80 bits per heavy atom. The number of benzene rings is 1. The number of rotatable bonds is 5. The molecule has 4 heteroatoms. The first kappa shape index (κ1) is 15.1. The first-order valence-electron chi connectivity index (χ1n) is 6.78. The number of methoxy groups -OCH3 is 1. The van der Waals surface area contributed by atoms with E-state index in [0.29, 0.717) is 0 Å². The Morgan fingerprint density at radius 1 is 1.35 bits per heavy atom. The molecule has 0 fully saturated rings. The maximum absolute atomic E-state index is 6.21. The quantitative estimate of drug-likeness (QED) is 0.881. The Morgan fingerprint density at radius 2 is 2.10 bits per heavy atom. The van der Waals surface area contributed by atoms with Crippen molar-refractivity contribution in [2.45, 2.75) is 38.8 Å². The topological polar surface area (TPSA) is 34.1 Å². The third kappa shape index (κ3) is 3.41. The largest absolute Gasteiger partial charge is 0.381 e. The summed E-state index contributed by atoms with van der Waals surface area (Å²) in [6.07, 6.45) is 2.69. The molecule has 108 valence electrons. The number of fused-ring (bicyclic) bond motifs is 1. The number of hydrogen-bond acceptors (Lipinski definition) is 3. The summed E-state index contributed by atoms with van der Waals surface area (Å²) in [4.78, 5) is 4.43. The summed E-state index contributed by atoms with van der Waals surface area (Å²) < 4.78 is 5.48. The Hall–Kier alpha value is -1.32. The molecular formula is C16H21ClN2O. The van der Waals surface area contributed by atoms with E-state index in [2.05, 4.69) is 31.1 Å². The average molecular weight is 293 g/mol. The van der Waals surface area contributed by atoms with Crippen molar-refractivity contribution in [3.63, 3.8) is 0 Å². The van der Waals surface area contributed by atoms with Crippen molar-refractivity contribution in [1.82, 2.24) is 4.98 Å². The molecule has 1 N–H and O–H groups in total. The van der Waals surface area contributed by atoms with E-state index in [4.69, 9.17) is 16.3 Å². The lowest BCUT2D eigenvalue weighted by Crippen LogP contribution is -2.31. The lowest BCUT2D eigenvalue weighted by molar-refractivity contribution is 0.0128. The fraction of sp³-hybridized carbons (Fsp3) is 0.438. The van der Waals surface area contributed by atoms with Crippen molar-refractivity contribution in [1.29, 1.82) is 0 Å². The van der Waals surface area contributed by atoms with Gasteiger partial charge in [-0.25, -0.2) is 0 Å². The minimum absolute atomic E-state index is 0.151. The summed E-state index contributed by atoms with van der Waals surface area (Å²) in [5, 5.41) is 5.20. The second-order valence-corrected chi connectivity index (χ2v) is 6.12. The van der Waals surface area contributed by atoms with Crippen LogP contribution in [0.3, 0.4) is 0 Å². The average Bonchev–Trinajstić information content (AvgIpc) is 2.42. The molecule has 2 aromatic rings. The standard InChI is InChI=1S/C16H21ClN2O/c1-11(10-16(2,3)20-4)19-14-8-7-13(17)12-6-5-9-18-15(12)14/h5-9,11,19H,10H2,1-4H3. The zero-order valence-electron chi connectivity index (χ0n) is 12.4. The molecule has 0 aliphatic rings. The number of pyridine rings is 1. The van der Waals surface area contributed by atoms with Crippen LogP contribution in [-0.2, 0) is 4.74 Å². The first-order valence-corrected chi connectivity index (χ1v) is 7.15. The van der Waals surface area contributed by atoms with Gasteiger partial charge in [0.1, 0.15) is 0 Å². The van der Waals surface area contributed by atoms with Crippen molar-refractivity contribution >= 4 is 28.2 Å². The predicted molar refractivity (Wildman–Crippen MR) is 85.5 cm³/mol. The van der Waals surface area contributed by atoms with Gasteiger partial charge >= 0.3 is 0 Å². The molecule has 1 heterocycles. The molecule has 0 amide bonds. The molecule has 0 bridgehead atoms. The van der Waals surface area contributed by atoms with Gasteiger partial charge in [0.2, 0.25) is 0 Å². The molecule has 1 unspecified atom stereocenters. The highest BCUT2D eigenvalue weighted by Crippen LogP contribution is 2.29. The minimum atomic E-state index is -0.151. The zero-order chi connectivity index (χ0) is 14.8. The van der Waals surface area contributed by atoms with Crippen LogP contribution in [0, 0.1) is 0 Å². The monoisotopic (exact) mass is 292 g/mol. The number of nitrogens with zero attached hydrogens (tertiary/aromatic N) is 1. The van der Waals surface area contributed by atoms with Crippen LogP contribution >= 0.6 is 11.6 Å². The number of aromatic nitrogens is 1. The molecule has 0 aliphatic heterocycles. The molecular weight excluding hydrogens is 272 g/mol. The van der Waals surface area contributed by atoms with Gasteiger partial charge in [-0.1, -0.05) is 11.6 Å². The van der Waals surface area contributed by atoms with E-state index >= 15 is 0 Å². The number of nitrogens with one attached hydrogen (secondary N) is 1. The smallest absolute Gasteiger partial charge is 0.0948 e. The van der Waals surface area contributed by atoms with Crippen LogP contribution < -0.4 is 5.32 Å². The van der Waals surface area contributed by atoms with E-state index in [1.54, 1.807) is 13.3 Å². The number of anilines is 1. The van der Waals surface area contributed by atoms with Crippen LogP contribution in [0.5, 0.6) is 0 Å². The predicted octanol–water partition coefficient (Wildman–Crippen LogP) is 4.50. The van der Waals surface area contributed by atoms with Gasteiger partial charge in [-0.3, -0.25) is 4.98 Å². The Balaban J connectivity index is 2.24. The van der Waals surface area contributed by atoms with Crippen molar-refractivity contribution in [2.75, 3.05) is 12.4 Å². The van der Waals surface area contributed by atoms with Gasteiger partial charge in [0.25, 0.3) is 0 Å². The molecule has 0 radical (unpaired) electrons. The summed E-state index contributed by atoms with van der Waals surface area (Å²) in [6, 6.07) is 8.04. The maximum atomic E-state index is 6.21. The fourth-order valence-electron chi connectivity index (χ4n) is 2.39. The van der Waals surface area contributed by atoms with E-state index in [-0.39, 0.29) is 11.6 Å². The molecule has 1 aromatic carbocycles. The molecule has 2 rings (SSSR count). The van der Waals surface area contributed by atoms with Crippen molar-refractivity contribution in [3.05, 3.63) is 35.5 Å². The molecule has 1 atom stereocenters.